The van der Waals surface area contributed by atoms with Crippen LogP contribution in [0.4, 0.5) is 0 Å². The SMILES string of the molecule is Cc1ccc2c(ccn2CC(=O)c2ccc(I)cc2)c1. The highest BCUT2D eigenvalue weighted by molar-refractivity contribution is 14.1. The van der Waals surface area contributed by atoms with Crippen molar-refractivity contribution in [2.24, 2.45) is 0 Å². The highest BCUT2D eigenvalue weighted by atomic mass is 127. The van der Waals surface area contributed by atoms with Crippen LogP contribution in [0.2, 0.25) is 0 Å². The van der Waals surface area contributed by atoms with Gasteiger partial charge in [0.25, 0.3) is 0 Å². The molecule has 2 aromatic carbocycles. The van der Waals surface area contributed by atoms with E-state index in [1.165, 1.54) is 10.9 Å². The molecule has 0 atom stereocenters. The van der Waals surface area contributed by atoms with Crippen molar-refractivity contribution in [2.45, 2.75) is 13.5 Å². The van der Waals surface area contributed by atoms with Crippen LogP contribution in [0.3, 0.4) is 0 Å². The summed E-state index contributed by atoms with van der Waals surface area (Å²) >= 11 is 2.24. The lowest BCUT2D eigenvalue weighted by atomic mass is 10.1. The molecule has 0 bridgehead atoms. The summed E-state index contributed by atoms with van der Waals surface area (Å²) in [5.74, 6) is 0.138. The predicted molar refractivity (Wildman–Crippen MR) is 90.2 cm³/mol. The minimum Gasteiger partial charge on any atom is -0.340 e. The number of halogens is 1. The van der Waals surface area contributed by atoms with Crippen molar-refractivity contribution in [1.29, 1.82) is 0 Å². The van der Waals surface area contributed by atoms with Gasteiger partial charge in [-0.15, -0.1) is 0 Å². The zero-order valence-electron chi connectivity index (χ0n) is 11.1. The maximum atomic E-state index is 12.3. The van der Waals surface area contributed by atoms with Crippen molar-refractivity contribution in [3.05, 3.63) is 69.4 Å². The van der Waals surface area contributed by atoms with Crippen LogP contribution in [0.1, 0.15) is 15.9 Å². The van der Waals surface area contributed by atoms with Crippen LogP contribution >= 0.6 is 22.6 Å². The highest BCUT2D eigenvalue weighted by Crippen LogP contribution is 2.18. The molecule has 0 saturated carbocycles. The van der Waals surface area contributed by atoms with Gasteiger partial charge >= 0.3 is 0 Å². The lowest BCUT2D eigenvalue weighted by Crippen LogP contribution is -2.09. The number of carbonyl (C=O) groups excluding carboxylic acids is 1. The van der Waals surface area contributed by atoms with Crippen LogP contribution < -0.4 is 0 Å². The maximum absolute atomic E-state index is 12.3. The summed E-state index contributed by atoms with van der Waals surface area (Å²) in [6.45, 7) is 2.46. The highest BCUT2D eigenvalue weighted by Gasteiger charge is 2.08. The Morgan fingerprint density at radius 2 is 1.85 bits per heavy atom. The average Bonchev–Trinajstić information content (AvgIpc) is 2.81. The van der Waals surface area contributed by atoms with E-state index in [1.54, 1.807) is 0 Å². The van der Waals surface area contributed by atoms with E-state index in [-0.39, 0.29) is 5.78 Å². The Morgan fingerprint density at radius 1 is 1.10 bits per heavy atom. The number of benzene rings is 2. The zero-order valence-corrected chi connectivity index (χ0v) is 13.3. The van der Waals surface area contributed by atoms with E-state index < -0.39 is 0 Å². The van der Waals surface area contributed by atoms with Crippen LogP contribution in [0.5, 0.6) is 0 Å². The van der Waals surface area contributed by atoms with Gasteiger partial charge in [-0.3, -0.25) is 4.79 Å². The van der Waals surface area contributed by atoms with E-state index in [1.807, 2.05) is 35.0 Å². The maximum Gasteiger partial charge on any atom is 0.182 e. The Labute approximate surface area is 131 Å². The number of hydrogen-bond donors (Lipinski definition) is 0. The molecule has 100 valence electrons. The fourth-order valence-corrected chi connectivity index (χ4v) is 2.70. The Hall–Kier alpha value is -1.62. The van der Waals surface area contributed by atoms with Gasteiger partial charge in [-0.1, -0.05) is 23.8 Å². The largest absolute Gasteiger partial charge is 0.340 e. The minimum atomic E-state index is 0.138. The smallest absolute Gasteiger partial charge is 0.182 e. The first kappa shape index (κ1) is 13.4. The molecule has 2 nitrogen and oxygen atoms in total. The number of nitrogens with zero attached hydrogens (tertiary/aromatic N) is 1. The molecule has 0 unspecified atom stereocenters. The van der Waals surface area contributed by atoms with E-state index in [2.05, 4.69) is 53.8 Å². The molecular formula is C17H14INO. The van der Waals surface area contributed by atoms with Gasteiger partial charge in [-0.25, -0.2) is 0 Å². The number of ketones is 1. The average molecular weight is 375 g/mol. The minimum absolute atomic E-state index is 0.138. The number of carbonyl (C=O) groups is 1. The second kappa shape index (κ2) is 5.40. The summed E-state index contributed by atoms with van der Waals surface area (Å²) in [7, 11) is 0. The van der Waals surface area contributed by atoms with Crippen molar-refractivity contribution in [1.82, 2.24) is 4.57 Å². The van der Waals surface area contributed by atoms with E-state index in [0.717, 1.165) is 14.7 Å². The summed E-state index contributed by atoms with van der Waals surface area (Å²) in [4.78, 5) is 12.3. The van der Waals surface area contributed by atoms with Gasteiger partial charge in [0, 0.05) is 20.8 Å². The third-order valence-electron chi connectivity index (χ3n) is 3.41. The summed E-state index contributed by atoms with van der Waals surface area (Å²) in [5, 5.41) is 1.18. The molecule has 0 aliphatic rings. The molecule has 3 aromatic rings. The van der Waals surface area contributed by atoms with E-state index in [9.17, 15) is 4.79 Å². The van der Waals surface area contributed by atoms with Gasteiger partial charge in [-0.2, -0.15) is 0 Å². The van der Waals surface area contributed by atoms with Crippen LogP contribution in [-0.4, -0.2) is 10.4 Å². The second-order valence-corrected chi connectivity index (χ2v) is 6.18. The Balaban J connectivity index is 1.89. The van der Waals surface area contributed by atoms with Crippen molar-refractivity contribution < 1.29 is 4.79 Å². The molecule has 0 fully saturated rings. The number of fused-ring (bicyclic) bond motifs is 1. The van der Waals surface area contributed by atoms with Crippen molar-refractivity contribution >= 4 is 39.3 Å². The van der Waals surface area contributed by atoms with Gasteiger partial charge in [-0.05, 0) is 65.2 Å². The van der Waals surface area contributed by atoms with Crippen LogP contribution in [0, 0.1) is 10.5 Å². The predicted octanol–water partition coefficient (Wildman–Crippen LogP) is 4.44. The number of aromatic nitrogens is 1. The summed E-state index contributed by atoms with van der Waals surface area (Å²) in [5.41, 5.74) is 3.10. The van der Waals surface area contributed by atoms with Gasteiger partial charge in [0.2, 0.25) is 0 Å². The van der Waals surface area contributed by atoms with Crippen molar-refractivity contribution in [3.63, 3.8) is 0 Å². The fourth-order valence-electron chi connectivity index (χ4n) is 2.34. The molecule has 0 saturated heterocycles. The Morgan fingerprint density at radius 3 is 2.60 bits per heavy atom. The Kier molecular flexibility index (Phi) is 3.61. The number of aryl methyl sites for hydroxylation is 1. The normalized spacial score (nSPS) is 10.9. The van der Waals surface area contributed by atoms with E-state index in [0.29, 0.717) is 6.54 Å². The summed E-state index contributed by atoms with van der Waals surface area (Å²) < 4.78 is 3.15. The van der Waals surface area contributed by atoms with Gasteiger partial charge in [0.1, 0.15) is 0 Å². The lowest BCUT2D eigenvalue weighted by molar-refractivity contribution is 0.0973. The Bertz CT molecular complexity index is 771. The van der Waals surface area contributed by atoms with Gasteiger partial charge < -0.3 is 4.57 Å². The monoisotopic (exact) mass is 375 g/mol. The molecule has 0 aliphatic heterocycles. The summed E-state index contributed by atoms with van der Waals surface area (Å²) in [6, 6.07) is 16.1. The first-order valence-electron chi connectivity index (χ1n) is 6.48. The van der Waals surface area contributed by atoms with E-state index >= 15 is 0 Å². The third-order valence-corrected chi connectivity index (χ3v) is 4.13. The molecule has 1 heterocycles. The molecule has 3 heteroatoms. The van der Waals surface area contributed by atoms with Crippen molar-refractivity contribution in [2.75, 3.05) is 0 Å². The number of hydrogen-bond acceptors (Lipinski definition) is 1. The molecule has 0 aliphatic carbocycles. The molecular weight excluding hydrogens is 361 g/mol. The standard InChI is InChI=1S/C17H14INO/c1-12-2-7-16-14(10-12)8-9-19(16)11-17(20)13-3-5-15(18)6-4-13/h2-10H,11H2,1H3. The molecule has 0 amide bonds. The molecule has 20 heavy (non-hydrogen) atoms. The quantitative estimate of drug-likeness (QED) is 0.490. The van der Waals surface area contributed by atoms with Crippen molar-refractivity contribution in [3.8, 4) is 0 Å². The third kappa shape index (κ3) is 2.63. The fraction of sp³-hybridized carbons (Fsp3) is 0.118. The van der Waals surface area contributed by atoms with Gasteiger partial charge in [0.15, 0.2) is 5.78 Å². The van der Waals surface area contributed by atoms with Crippen LogP contribution in [0.15, 0.2) is 54.7 Å². The topological polar surface area (TPSA) is 22.0 Å². The molecule has 0 radical (unpaired) electrons. The van der Waals surface area contributed by atoms with Crippen LogP contribution in [0.25, 0.3) is 10.9 Å². The molecule has 0 spiro atoms. The second-order valence-electron chi connectivity index (χ2n) is 4.94. The van der Waals surface area contributed by atoms with Crippen LogP contribution in [-0.2, 0) is 6.54 Å². The molecule has 1 aromatic heterocycles. The molecule has 0 N–H and O–H groups in total. The van der Waals surface area contributed by atoms with E-state index in [4.69, 9.17) is 0 Å². The molecule has 3 rings (SSSR count). The number of rotatable bonds is 3. The number of Topliss-reactive ketones (excluding diaryl/α,β-unsaturated/α-hetero) is 1. The first-order valence-corrected chi connectivity index (χ1v) is 7.55. The first-order chi connectivity index (χ1) is 9.63. The summed E-state index contributed by atoms with van der Waals surface area (Å²) in [6.07, 6.45) is 1.98. The lowest BCUT2D eigenvalue weighted by Gasteiger charge is -2.05. The zero-order chi connectivity index (χ0) is 14.1. The van der Waals surface area contributed by atoms with Gasteiger partial charge in [0.05, 0.1) is 6.54 Å².